The first-order valence-electron chi connectivity index (χ1n) is 7.64. The Morgan fingerprint density at radius 1 is 1.11 bits per heavy atom. The van der Waals surface area contributed by atoms with Gasteiger partial charge in [-0.1, -0.05) is 0 Å². The molecule has 0 radical (unpaired) electrons. The first-order valence-corrected chi connectivity index (χ1v) is 7.64. The van der Waals surface area contributed by atoms with Gasteiger partial charge in [0.2, 0.25) is 5.78 Å². The highest BCUT2D eigenvalue weighted by Crippen LogP contribution is 2.34. The summed E-state index contributed by atoms with van der Waals surface area (Å²) in [5.74, 6) is -0.196. The summed E-state index contributed by atoms with van der Waals surface area (Å²) >= 11 is 0. The van der Waals surface area contributed by atoms with E-state index < -0.39 is 42.1 Å². The summed E-state index contributed by atoms with van der Waals surface area (Å²) in [5.41, 5.74) is -2.90. The number of rotatable bonds is 3. The monoisotopic (exact) mass is 393 g/mol. The van der Waals surface area contributed by atoms with E-state index in [4.69, 9.17) is 0 Å². The minimum atomic E-state index is -4.94. The fraction of sp³-hybridized carbons (Fsp3) is 0.400. The van der Waals surface area contributed by atoms with Gasteiger partial charge < -0.3 is 4.57 Å². The number of halogens is 6. The lowest BCUT2D eigenvalue weighted by Gasteiger charge is -2.11. The first kappa shape index (κ1) is 19.0. The van der Waals surface area contributed by atoms with Gasteiger partial charge in [-0.05, 0) is 6.92 Å². The Hall–Kier alpha value is -2.79. The summed E-state index contributed by atoms with van der Waals surface area (Å²) in [6.07, 6.45) is -7.34. The molecule has 0 amide bonds. The molecule has 0 spiro atoms. The zero-order valence-electron chi connectivity index (χ0n) is 14.1. The van der Waals surface area contributed by atoms with Crippen LogP contribution in [0.1, 0.15) is 17.8 Å². The average Bonchev–Trinajstić information content (AvgIpc) is 3.10. The first-order chi connectivity index (χ1) is 12.4. The number of aromatic nitrogens is 5. The molecule has 27 heavy (non-hydrogen) atoms. The van der Waals surface area contributed by atoms with E-state index >= 15 is 0 Å². The highest BCUT2D eigenvalue weighted by Gasteiger charge is 2.39. The molecule has 0 unspecified atom stereocenters. The van der Waals surface area contributed by atoms with Gasteiger partial charge in [0.1, 0.15) is 0 Å². The Bertz CT molecular complexity index is 1060. The van der Waals surface area contributed by atoms with Crippen molar-refractivity contribution in [3.63, 3.8) is 0 Å². The minimum Gasteiger partial charge on any atom is -0.317 e. The van der Waals surface area contributed by atoms with E-state index in [9.17, 15) is 31.1 Å². The topological polar surface area (TPSA) is 57.1 Å². The van der Waals surface area contributed by atoms with Crippen LogP contribution < -0.4 is 5.56 Å². The van der Waals surface area contributed by atoms with Crippen LogP contribution in [-0.4, -0.2) is 29.9 Å². The molecular weight excluding hydrogens is 380 g/mol. The van der Waals surface area contributed by atoms with Crippen molar-refractivity contribution in [2.75, 3.05) is 0 Å². The van der Waals surface area contributed by atoms with Crippen LogP contribution in [0.2, 0.25) is 0 Å². The number of nitrogens with zero attached hydrogens (tertiary/aromatic N) is 5. The summed E-state index contributed by atoms with van der Waals surface area (Å²) in [5, 5.41) is 3.63. The van der Waals surface area contributed by atoms with E-state index in [0.29, 0.717) is 5.69 Å². The third-order valence-electron chi connectivity index (χ3n) is 4.06. The summed E-state index contributed by atoms with van der Waals surface area (Å²) in [6, 6.07) is 0. The molecule has 12 heteroatoms. The molecule has 3 rings (SSSR count). The zero-order valence-corrected chi connectivity index (χ0v) is 14.1. The molecule has 0 bridgehead atoms. The van der Waals surface area contributed by atoms with E-state index in [1.54, 1.807) is 6.92 Å². The molecule has 6 nitrogen and oxygen atoms in total. The highest BCUT2D eigenvalue weighted by atomic mass is 19.4. The molecule has 3 heterocycles. The molecule has 146 valence electrons. The SMILES string of the molecule is Cc1cn2c(=O)c(-c3cnn(CCC(F)(F)F)c3)c(C(F)(F)F)nc2n1C. The van der Waals surface area contributed by atoms with Crippen LogP contribution in [-0.2, 0) is 19.8 Å². The van der Waals surface area contributed by atoms with Crippen molar-refractivity contribution in [2.24, 2.45) is 7.05 Å². The van der Waals surface area contributed by atoms with Gasteiger partial charge >= 0.3 is 12.4 Å². The maximum atomic E-state index is 13.5. The second kappa shape index (κ2) is 6.13. The summed E-state index contributed by atoms with van der Waals surface area (Å²) in [6.45, 7) is 1.02. The molecule has 0 aromatic carbocycles. The lowest BCUT2D eigenvalue weighted by atomic mass is 10.1. The minimum absolute atomic E-state index is 0.196. The van der Waals surface area contributed by atoms with Crippen LogP contribution >= 0.6 is 0 Å². The van der Waals surface area contributed by atoms with Crippen LogP contribution in [0.4, 0.5) is 26.3 Å². The number of alkyl halides is 6. The van der Waals surface area contributed by atoms with E-state index in [1.807, 2.05) is 0 Å². The van der Waals surface area contributed by atoms with Crippen molar-refractivity contribution in [1.82, 2.24) is 23.7 Å². The van der Waals surface area contributed by atoms with Crippen molar-refractivity contribution in [1.29, 1.82) is 0 Å². The second-order valence-electron chi connectivity index (χ2n) is 6.00. The van der Waals surface area contributed by atoms with Crippen molar-refractivity contribution in [3.8, 4) is 11.1 Å². The maximum Gasteiger partial charge on any atom is 0.434 e. The molecule has 0 saturated heterocycles. The molecule has 0 aliphatic carbocycles. The molecule has 0 aliphatic rings. The van der Waals surface area contributed by atoms with Gasteiger partial charge in [0.15, 0.2) is 5.69 Å². The van der Waals surface area contributed by atoms with E-state index in [0.717, 1.165) is 21.5 Å². The Balaban J connectivity index is 2.18. The lowest BCUT2D eigenvalue weighted by Crippen LogP contribution is -2.23. The average molecular weight is 393 g/mol. The summed E-state index contributed by atoms with van der Waals surface area (Å²) in [7, 11) is 1.46. The Morgan fingerprint density at radius 2 is 1.78 bits per heavy atom. The molecule has 0 N–H and O–H groups in total. The van der Waals surface area contributed by atoms with Crippen LogP contribution in [0.3, 0.4) is 0 Å². The fourth-order valence-electron chi connectivity index (χ4n) is 2.63. The quantitative estimate of drug-likeness (QED) is 0.643. The molecule has 0 aliphatic heterocycles. The third kappa shape index (κ3) is 3.55. The fourth-order valence-corrected chi connectivity index (χ4v) is 2.63. The molecule has 0 fully saturated rings. The third-order valence-corrected chi connectivity index (χ3v) is 4.06. The van der Waals surface area contributed by atoms with Crippen molar-refractivity contribution >= 4 is 5.78 Å². The van der Waals surface area contributed by atoms with Gasteiger partial charge in [0.05, 0.1) is 18.2 Å². The molecule has 0 saturated carbocycles. The number of hydrogen-bond donors (Lipinski definition) is 0. The van der Waals surface area contributed by atoms with Gasteiger partial charge in [-0.2, -0.15) is 31.4 Å². The molecule has 3 aromatic rings. The highest BCUT2D eigenvalue weighted by molar-refractivity contribution is 5.65. The Labute approximate surface area is 147 Å². The van der Waals surface area contributed by atoms with Crippen molar-refractivity contribution < 1.29 is 26.3 Å². The van der Waals surface area contributed by atoms with Crippen molar-refractivity contribution in [2.45, 2.75) is 32.2 Å². The maximum absolute atomic E-state index is 13.5. The smallest absolute Gasteiger partial charge is 0.317 e. The van der Waals surface area contributed by atoms with Gasteiger partial charge in [-0.15, -0.1) is 0 Å². The van der Waals surface area contributed by atoms with E-state index in [-0.39, 0.29) is 11.3 Å². The molecule has 0 atom stereocenters. The second-order valence-corrected chi connectivity index (χ2v) is 6.00. The number of aryl methyl sites for hydroxylation is 3. The van der Waals surface area contributed by atoms with Gasteiger partial charge in [-0.25, -0.2) is 4.98 Å². The molecule has 3 aromatic heterocycles. The number of imidazole rings is 1. The normalized spacial score (nSPS) is 12.9. The van der Waals surface area contributed by atoms with Gasteiger partial charge in [-0.3, -0.25) is 13.9 Å². The van der Waals surface area contributed by atoms with Crippen LogP contribution in [0.25, 0.3) is 16.9 Å². The molecular formula is C15H13F6N5O. The van der Waals surface area contributed by atoms with E-state index in [1.165, 1.54) is 17.8 Å². The van der Waals surface area contributed by atoms with Gasteiger partial charge in [0, 0.05) is 37.2 Å². The number of hydrogen-bond acceptors (Lipinski definition) is 3. The number of fused-ring (bicyclic) bond motifs is 1. The summed E-state index contributed by atoms with van der Waals surface area (Å²) < 4.78 is 80.6. The van der Waals surface area contributed by atoms with Crippen LogP contribution in [0.15, 0.2) is 23.4 Å². The van der Waals surface area contributed by atoms with Gasteiger partial charge in [0.25, 0.3) is 5.56 Å². The predicted molar refractivity (Wildman–Crippen MR) is 82.1 cm³/mol. The standard InChI is InChI=1S/C15H13F6N5O/c1-8-6-26-12(27)10(11(15(19,20)21)23-13(26)24(8)2)9-5-22-25(7-9)4-3-14(16,17)18/h5-7H,3-4H2,1-2H3. The van der Waals surface area contributed by atoms with Crippen molar-refractivity contribution in [3.05, 3.63) is 40.3 Å². The Morgan fingerprint density at radius 3 is 2.37 bits per heavy atom. The van der Waals surface area contributed by atoms with Crippen LogP contribution in [0, 0.1) is 6.92 Å². The zero-order chi connectivity index (χ0) is 20.1. The Kier molecular flexibility index (Phi) is 4.31. The van der Waals surface area contributed by atoms with E-state index in [2.05, 4.69) is 10.1 Å². The summed E-state index contributed by atoms with van der Waals surface area (Å²) in [4.78, 5) is 16.3. The van der Waals surface area contributed by atoms with Crippen LogP contribution in [0.5, 0.6) is 0 Å². The lowest BCUT2D eigenvalue weighted by molar-refractivity contribution is -0.140. The largest absolute Gasteiger partial charge is 0.434 e. The predicted octanol–water partition coefficient (Wildman–Crippen LogP) is 3.18.